The summed E-state index contributed by atoms with van der Waals surface area (Å²) in [5.74, 6) is 0.0226. The number of nitrogens with zero attached hydrogens (tertiary/aromatic N) is 6. The van der Waals surface area contributed by atoms with Crippen LogP contribution in [0.15, 0.2) is 66.0 Å². The first kappa shape index (κ1) is 29.9. The Morgan fingerprint density at radius 2 is 1.91 bits per heavy atom. The average molecular weight is 611 g/mol. The molecule has 8 nitrogen and oxygen atoms in total. The van der Waals surface area contributed by atoms with Gasteiger partial charge < -0.3 is 19.5 Å². The number of halogens is 1. The number of anilines is 2. The van der Waals surface area contributed by atoms with Crippen LogP contribution in [-0.2, 0) is 13.1 Å². The number of hydrogen-bond donors (Lipinski definition) is 1. The minimum atomic E-state index is -0.341. The number of rotatable bonds is 10. The van der Waals surface area contributed by atoms with Crippen LogP contribution in [0.1, 0.15) is 61.4 Å². The molecule has 3 aromatic heterocycles. The maximum absolute atomic E-state index is 15.8. The van der Waals surface area contributed by atoms with Crippen molar-refractivity contribution in [1.82, 2.24) is 19.4 Å². The van der Waals surface area contributed by atoms with Gasteiger partial charge in [-0.1, -0.05) is 0 Å². The van der Waals surface area contributed by atoms with Gasteiger partial charge in [-0.15, -0.1) is 0 Å². The number of benzene rings is 1. The molecule has 1 N–H and O–H groups in total. The summed E-state index contributed by atoms with van der Waals surface area (Å²) in [5, 5.41) is 9.87. The Morgan fingerprint density at radius 1 is 1.02 bits per heavy atom. The maximum atomic E-state index is 15.8. The molecule has 1 unspecified atom stereocenters. The van der Waals surface area contributed by atoms with Crippen LogP contribution in [0.3, 0.4) is 0 Å². The van der Waals surface area contributed by atoms with E-state index in [4.69, 9.17) is 0 Å². The zero-order valence-corrected chi connectivity index (χ0v) is 26.1. The van der Waals surface area contributed by atoms with E-state index in [0.29, 0.717) is 36.1 Å². The molecule has 2 aliphatic heterocycles. The summed E-state index contributed by atoms with van der Waals surface area (Å²) >= 11 is 0. The number of aliphatic hydroxyl groups is 1. The zero-order chi connectivity index (χ0) is 30.9. The van der Waals surface area contributed by atoms with Crippen molar-refractivity contribution in [3.05, 3.63) is 94.0 Å². The van der Waals surface area contributed by atoms with Crippen LogP contribution in [0.5, 0.6) is 0 Å². The van der Waals surface area contributed by atoms with Crippen LogP contribution >= 0.6 is 0 Å². The molecule has 9 heteroatoms. The highest BCUT2D eigenvalue weighted by molar-refractivity contribution is 5.84. The van der Waals surface area contributed by atoms with Crippen LogP contribution in [0.25, 0.3) is 10.9 Å². The third-order valence-corrected chi connectivity index (χ3v) is 9.92. The van der Waals surface area contributed by atoms with Gasteiger partial charge in [-0.3, -0.25) is 19.7 Å². The lowest BCUT2D eigenvalue weighted by molar-refractivity contribution is 0.158. The van der Waals surface area contributed by atoms with Gasteiger partial charge in [0.15, 0.2) is 5.43 Å². The number of hydrogen-bond acceptors (Lipinski definition) is 7. The summed E-state index contributed by atoms with van der Waals surface area (Å²) in [5.41, 5.74) is 5.29. The van der Waals surface area contributed by atoms with E-state index in [1.54, 1.807) is 6.20 Å². The first-order chi connectivity index (χ1) is 22.0. The van der Waals surface area contributed by atoms with Crippen molar-refractivity contribution in [2.24, 2.45) is 5.92 Å². The Balaban J connectivity index is 1.23. The zero-order valence-electron chi connectivity index (χ0n) is 26.1. The van der Waals surface area contributed by atoms with E-state index in [2.05, 4.69) is 53.6 Å². The molecule has 3 aliphatic rings. The Hall–Kier alpha value is -3.82. The molecule has 1 aliphatic carbocycles. The molecule has 0 bridgehead atoms. The Bertz CT molecular complexity index is 1710. The molecule has 236 valence electrons. The summed E-state index contributed by atoms with van der Waals surface area (Å²) in [7, 11) is 0. The molecule has 0 spiro atoms. The van der Waals surface area contributed by atoms with Crippen LogP contribution in [0, 0.1) is 18.7 Å². The fourth-order valence-corrected chi connectivity index (χ4v) is 7.39. The molecule has 45 heavy (non-hydrogen) atoms. The third-order valence-electron chi connectivity index (χ3n) is 9.92. The first-order valence-electron chi connectivity index (χ1n) is 16.5. The van der Waals surface area contributed by atoms with Gasteiger partial charge in [0.2, 0.25) is 0 Å². The third kappa shape index (κ3) is 6.47. The second-order valence-corrected chi connectivity index (χ2v) is 13.2. The molecular weight excluding hydrogens is 567 g/mol. The lowest BCUT2D eigenvalue weighted by Crippen LogP contribution is -2.48. The van der Waals surface area contributed by atoms with Gasteiger partial charge in [0.25, 0.3) is 0 Å². The van der Waals surface area contributed by atoms with Gasteiger partial charge in [0.05, 0.1) is 23.1 Å². The highest BCUT2D eigenvalue weighted by Gasteiger charge is 2.31. The van der Waals surface area contributed by atoms with Crippen molar-refractivity contribution in [2.75, 3.05) is 42.6 Å². The second kappa shape index (κ2) is 12.9. The van der Waals surface area contributed by atoms with E-state index >= 15 is 4.39 Å². The summed E-state index contributed by atoms with van der Waals surface area (Å²) in [6.07, 6.45) is 13.5. The molecule has 3 fully saturated rings. The largest absolute Gasteiger partial charge is 0.396 e. The molecule has 2 atom stereocenters. The lowest BCUT2D eigenvalue weighted by atomic mass is 10.0. The van der Waals surface area contributed by atoms with Crippen molar-refractivity contribution in [2.45, 2.75) is 70.6 Å². The quantitative estimate of drug-likeness (QED) is 0.256. The normalized spacial score (nSPS) is 20.4. The highest BCUT2D eigenvalue weighted by atomic mass is 19.1. The molecule has 1 saturated carbocycles. The molecule has 0 amide bonds. The van der Waals surface area contributed by atoms with Crippen LogP contribution in [-0.4, -0.2) is 63.4 Å². The van der Waals surface area contributed by atoms with E-state index in [-0.39, 0.29) is 23.9 Å². The van der Waals surface area contributed by atoms with Crippen molar-refractivity contribution >= 4 is 22.3 Å². The van der Waals surface area contributed by atoms with Gasteiger partial charge in [-0.25, -0.2) is 4.39 Å². The van der Waals surface area contributed by atoms with Gasteiger partial charge in [-0.2, -0.15) is 0 Å². The summed E-state index contributed by atoms with van der Waals surface area (Å²) in [4.78, 5) is 29.8. The average Bonchev–Trinajstić information content (AvgIpc) is 3.80. The van der Waals surface area contributed by atoms with Crippen LogP contribution in [0.4, 0.5) is 15.8 Å². The summed E-state index contributed by atoms with van der Waals surface area (Å²) in [6.45, 7) is 6.69. The molecule has 5 heterocycles. The SMILES string of the molecule is Cc1cc(CN(Cc2cn(C3CC3)c3cc(N4CCC(CCO)C4)c(F)cc3c2=O)[C@H]2CCCN(c3cccnc3)C2)ccn1. The number of piperidine rings is 1. The smallest absolute Gasteiger partial charge is 0.193 e. The van der Waals surface area contributed by atoms with Crippen molar-refractivity contribution in [3.8, 4) is 0 Å². The van der Waals surface area contributed by atoms with Crippen molar-refractivity contribution < 1.29 is 9.50 Å². The van der Waals surface area contributed by atoms with E-state index < -0.39 is 0 Å². The molecule has 1 aromatic carbocycles. The van der Waals surface area contributed by atoms with Gasteiger partial charge in [-0.05, 0) is 93.3 Å². The van der Waals surface area contributed by atoms with E-state index in [1.165, 1.54) is 11.6 Å². The summed E-state index contributed by atoms with van der Waals surface area (Å²) < 4.78 is 18.0. The highest BCUT2D eigenvalue weighted by Crippen LogP contribution is 2.39. The lowest BCUT2D eigenvalue weighted by Gasteiger charge is -2.40. The topological polar surface area (TPSA) is 77.7 Å². The van der Waals surface area contributed by atoms with E-state index in [0.717, 1.165) is 87.2 Å². The minimum Gasteiger partial charge on any atom is -0.396 e. The number of aliphatic hydroxyl groups excluding tert-OH is 1. The van der Waals surface area contributed by atoms with Crippen LogP contribution < -0.4 is 15.2 Å². The Kier molecular flexibility index (Phi) is 8.55. The standard InChI is InChI=1S/C36H43FN6O2/c1-25-16-27(8-12-39-25)21-42(31-5-3-13-40(24-31)30-4-2-11-38-19-30)22-28-23-43(29-6-7-29)34-18-35(33(37)17-32(34)36(28)45)41-14-9-26(20-41)10-15-44/h2,4,8,11-12,16-19,23,26,29,31,44H,3,5-7,9-10,13-15,20-22,24H2,1H3/t26?,31-/m0/s1. The predicted octanol–water partition coefficient (Wildman–Crippen LogP) is 5.45. The Morgan fingerprint density at radius 3 is 2.69 bits per heavy atom. The number of pyridine rings is 3. The predicted molar refractivity (Wildman–Crippen MR) is 176 cm³/mol. The molecule has 0 radical (unpaired) electrons. The fraction of sp³-hybridized carbons (Fsp3) is 0.472. The second-order valence-electron chi connectivity index (χ2n) is 13.2. The maximum Gasteiger partial charge on any atom is 0.193 e. The van der Waals surface area contributed by atoms with E-state index in [9.17, 15) is 9.90 Å². The van der Waals surface area contributed by atoms with Gasteiger partial charge in [0.1, 0.15) is 5.82 Å². The number of aromatic nitrogens is 3. The van der Waals surface area contributed by atoms with E-state index in [1.807, 2.05) is 31.5 Å². The Labute approximate surface area is 264 Å². The molecular formula is C36H43FN6O2. The minimum absolute atomic E-state index is 0.0808. The summed E-state index contributed by atoms with van der Waals surface area (Å²) in [6, 6.07) is 12.2. The van der Waals surface area contributed by atoms with Crippen molar-refractivity contribution in [1.29, 1.82) is 0 Å². The first-order valence-corrected chi connectivity index (χ1v) is 16.5. The molecule has 7 rings (SSSR count). The molecule has 2 saturated heterocycles. The number of aryl methyl sites for hydroxylation is 1. The monoisotopic (exact) mass is 610 g/mol. The van der Waals surface area contributed by atoms with Crippen LogP contribution in [0.2, 0.25) is 0 Å². The van der Waals surface area contributed by atoms with Crippen molar-refractivity contribution in [3.63, 3.8) is 0 Å². The van der Waals surface area contributed by atoms with Gasteiger partial charge >= 0.3 is 0 Å². The fourth-order valence-electron chi connectivity index (χ4n) is 7.39. The number of fused-ring (bicyclic) bond motifs is 1. The molecule has 4 aromatic rings. The van der Waals surface area contributed by atoms with Gasteiger partial charge in [0, 0.05) is 93.2 Å².